The lowest BCUT2D eigenvalue weighted by Crippen LogP contribution is -2.30. The van der Waals surface area contributed by atoms with E-state index in [2.05, 4.69) is 11.6 Å². The topological polar surface area (TPSA) is 48.8 Å². The van der Waals surface area contributed by atoms with Crippen LogP contribution in [0.1, 0.15) is 0 Å². The van der Waals surface area contributed by atoms with E-state index in [-0.39, 0.29) is 0 Å². The summed E-state index contributed by atoms with van der Waals surface area (Å²) in [7, 11) is 0. The number of hydrogen-bond donors (Lipinski definition) is 0. The van der Waals surface area contributed by atoms with E-state index in [1.807, 2.05) is 5.11 Å². The lowest BCUT2D eigenvalue weighted by Gasteiger charge is -2.16. The second-order valence-corrected chi connectivity index (χ2v) is 3.87. The molecule has 0 heterocycles. The van der Waals surface area contributed by atoms with Gasteiger partial charge in [0.15, 0.2) is 0 Å². The number of azide groups is 1. The predicted molar refractivity (Wildman–Crippen MR) is 37.8 cm³/mol. The van der Waals surface area contributed by atoms with Gasteiger partial charge in [-0.25, -0.2) is 4.39 Å². The van der Waals surface area contributed by atoms with Crippen molar-refractivity contribution in [3.05, 3.63) is 10.4 Å². The first-order valence-electron chi connectivity index (χ1n) is 1.82. The van der Waals surface area contributed by atoms with Gasteiger partial charge in [-0.2, -0.15) is 8.78 Å². The molecule has 1 atom stereocenters. The summed E-state index contributed by atoms with van der Waals surface area (Å²) in [5.74, 6) is 0. The van der Waals surface area contributed by atoms with Gasteiger partial charge >= 0.3 is 9.18 Å². The zero-order valence-corrected chi connectivity index (χ0v) is 7.14. The molecular weight excluding hydrogens is 285 g/mol. The molecule has 8 heteroatoms. The smallest absolute Gasteiger partial charge is 0.207 e. The Labute approximate surface area is 72.3 Å². The maximum absolute atomic E-state index is 12.1. The van der Waals surface area contributed by atoms with Crippen molar-refractivity contribution in [2.45, 2.75) is 9.18 Å². The van der Waals surface area contributed by atoms with E-state index in [4.69, 9.17) is 5.53 Å². The first-order chi connectivity index (χ1) is 4.31. The van der Waals surface area contributed by atoms with E-state index in [9.17, 15) is 13.2 Å². The van der Waals surface area contributed by atoms with Crippen LogP contribution in [0.15, 0.2) is 5.11 Å². The molecule has 0 aliphatic rings. The van der Waals surface area contributed by atoms with Crippen molar-refractivity contribution in [2.75, 3.05) is 0 Å². The lowest BCUT2D eigenvalue weighted by atomic mass is 10.6. The fraction of sp³-hybridized carbons (Fsp3) is 1.00. The zero-order valence-electron chi connectivity index (χ0n) is 4.23. The number of nitrogens with zero attached hydrogens (tertiary/aromatic N) is 3. The highest BCUT2D eigenvalue weighted by molar-refractivity contribution is 14.1. The average Bonchev–Trinajstić information content (AvgIpc) is 1.61. The summed E-state index contributed by atoms with van der Waals surface area (Å²) in [5, 5.41) is 1.86. The molecule has 0 rings (SSSR count). The zero-order chi connectivity index (χ0) is 8.41. The average molecular weight is 285 g/mol. The molecule has 0 bridgehead atoms. The van der Waals surface area contributed by atoms with Gasteiger partial charge in [0.25, 0.3) is 0 Å². The summed E-state index contributed by atoms with van der Waals surface area (Å²) in [6.45, 7) is 0. The minimum absolute atomic E-state index is 0.627. The Morgan fingerprint density at radius 3 is 2.00 bits per heavy atom. The van der Waals surface area contributed by atoms with Crippen molar-refractivity contribution in [2.24, 2.45) is 5.11 Å². The van der Waals surface area contributed by atoms with Gasteiger partial charge in [0.2, 0.25) is 0 Å². The molecule has 0 N–H and O–H groups in total. The predicted octanol–water partition coefficient (Wildman–Crippen LogP) is 3.19. The van der Waals surface area contributed by atoms with Crippen molar-refractivity contribution in [3.63, 3.8) is 0 Å². The molecule has 3 nitrogen and oxygen atoms in total. The quantitative estimate of drug-likeness (QED) is 0.187. The van der Waals surface area contributed by atoms with Crippen LogP contribution in [0.4, 0.5) is 13.2 Å². The molecule has 0 aromatic carbocycles. The molecule has 0 unspecified atom stereocenters. The summed E-state index contributed by atoms with van der Waals surface area (Å²) in [5.41, 5.74) is 7.51. The number of halogens is 5. The number of alkyl halides is 5. The van der Waals surface area contributed by atoms with Gasteiger partial charge < -0.3 is 0 Å². The molecule has 0 aliphatic carbocycles. The standard InChI is InChI=1S/C2ClF3IN3/c3-1(4,7)2(5,6)9-10-8/t1-/m0/s1. The molecule has 0 aliphatic heterocycles. The lowest BCUT2D eigenvalue weighted by molar-refractivity contribution is -0.0406. The van der Waals surface area contributed by atoms with Crippen LogP contribution in [0.25, 0.3) is 10.4 Å². The normalized spacial score (nSPS) is 17.3. The van der Waals surface area contributed by atoms with Crippen LogP contribution in [0.5, 0.6) is 0 Å². The number of hydrogen-bond acceptors (Lipinski definition) is 1. The van der Waals surface area contributed by atoms with E-state index in [1.165, 1.54) is 0 Å². The first kappa shape index (κ1) is 10.1. The van der Waals surface area contributed by atoms with Crippen molar-refractivity contribution in [1.29, 1.82) is 0 Å². The van der Waals surface area contributed by atoms with E-state index < -0.39 is 9.18 Å². The molecule has 0 aromatic rings. The Hall–Kier alpha value is 0.120. The Kier molecular flexibility index (Phi) is 3.05. The van der Waals surface area contributed by atoms with Crippen LogP contribution in [0.2, 0.25) is 0 Å². The molecule has 0 spiro atoms. The van der Waals surface area contributed by atoms with Gasteiger partial charge in [-0.3, -0.25) is 0 Å². The molecule has 10 heavy (non-hydrogen) atoms. The van der Waals surface area contributed by atoms with Gasteiger partial charge in [0.05, 0.1) is 0 Å². The van der Waals surface area contributed by atoms with Gasteiger partial charge in [-0.1, -0.05) is 11.6 Å². The summed E-state index contributed by atoms with van der Waals surface area (Å²) in [6, 6.07) is -4.22. The van der Waals surface area contributed by atoms with E-state index in [0.717, 1.165) is 0 Å². The van der Waals surface area contributed by atoms with Crippen molar-refractivity contribution < 1.29 is 13.2 Å². The Balaban J connectivity index is 4.56. The Bertz CT molecular complexity index is 171. The molecule has 0 radical (unpaired) electrons. The largest absolute Gasteiger partial charge is 0.381 e. The van der Waals surface area contributed by atoms with Crippen molar-refractivity contribution >= 4 is 34.2 Å². The molecule has 0 aromatic heterocycles. The summed E-state index contributed by atoms with van der Waals surface area (Å²) < 4.78 is 32.7. The first-order valence-corrected chi connectivity index (χ1v) is 3.28. The molecule has 0 amide bonds. The molecule has 0 saturated carbocycles. The van der Waals surface area contributed by atoms with Crippen molar-refractivity contribution in [1.82, 2.24) is 0 Å². The van der Waals surface area contributed by atoms with Crippen LogP contribution < -0.4 is 0 Å². The van der Waals surface area contributed by atoms with Crippen LogP contribution in [-0.4, -0.2) is 9.18 Å². The van der Waals surface area contributed by atoms with Crippen LogP contribution in [0, 0.1) is 0 Å². The van der Waals surface area contributed by atoms with E-state index in [0.29, 0.717) is 22.6 Å². The second-order valence-electron chi connectivity index (χ2n) is 1.23. The summed E-state index contributed by atoms with van der Waals surface area (Å²) in [6.07, 6.45) is 0. The van der Waals surface area contributed by atoms with Crippen LogP contribution in [-0.2, 0) is 0 Å². The van der Waals surface area contributed by atoms with Gasteiger partial charge in [-0.05, 0) is 33.2 Å². The Morgan fingerprint density at radius 1 is 1.50 bits per heavy atom. The van der Waals surface area contributed by atoms with Crippen LogP contribution in [0.3, 0.4) is 0 Å². The summed E-state index contributed by atoms with van der Waals surface area (Å²) in [4.78, 5) is 1.72. The maximum atomic E-state index is 12.1. The minimum atomic E-state index is -4.22. The third kappa shape index (κ3) is 2.39. The van der Waals surface area contributed by atoms with Gasteiger partial charge in [0, 0.05) is 4.91 Å². The third-order valence-corrected chi connectivity index (χ3v) is 1.39. The fourth-order valence-corrected chi connectivity index (χ4v) is 0.259. The maximum Gasteiger partial charge on any atom is 0.381 e. The van der Waals surface area contributed by atoms with E-state index >= 15 is 0 Å². The SMILES string of the molecule is [N-]=[N+]=NC(F)(F)[C@@](F)(Cl)I. The van der Waals surface area contributed by atoms with E-state index in [1.54, 1.807) is 4.91 Å². The Morgan fingerprint density at radius 2 is 1.90 bits per heavy atom. The fourth-order valence-electron chi connectivity index (χ4n) is 0.113. The number of rotatable bonds is 2. The monoisotopic (exact) mass is 285 g/mol. The molecule has 0 fully saturated rings. The van der Waals surface area contributed by atoms with Gasteiger partial charge in [-0.15, -0.1) is 0 Å². The third-order valence-electron chi connectivity index (χ3n) is 0.511. The van der Waals surface area contributed by atoms with Gasteiger partial charge in [0.1, 0.15) is 0 Å². The highest BCUT2D eigenvalue weighted by atomic mass is 127. The molecule has 0 saturated heterocycles. The molecule has 58 valence electrons. The summed E-state index contributed by atoms with van der Waals surface area (Å²) >= 11 is 5.14. The molecular formula is C2ClF3IN3. The highest BCUT2D eigenvalue weighted by Gasteiger charge is 2.51. The minimum Gasteiger partial charge on any atom is -0.207 e. The highest BCUT2D eigenvalue weighted by Crippen LogP contribution is 2.42. The van der Waals surface area contributed by atoms with Crippen molar-refractivity contribution in [3.8, 4) is 0 Å². The van der Waals surface area contributed by atoms with Crippen LogP contribution >= 0.6 is 34.2 Å². The second kappa shape index (κ2) is 3.02.